The van der Waals surface area contributed by atoms with Gasteiger partial charge in [-0.1, -0.05) is 0 Å². The Morgan fingerprint density at radius 2 is 1.71 bits per heavy atom. The molecule has 0 aliphatic heterocycles. The lowest BCUT2D eigenvalue weighted by Gasteiger charge is -2.30. The van der Waals surface area contributed by atoms with Crippen molar-refractivity contribution in [2.24, 2.45) is 0 Å². The molecule has 21 heavy (non-hydrogen) atoms. The third-order valence-electron chi connectivity index (χ3n) is 3.17. The smallest absolute Gasteiger partial charge is 0.243 e. The molecule has 0 saturated heterocycles. The highest BCUT2D eigenvalue weighted by Crippen LogP contribution is 2.15. The zero-order chi connectivity index (χ0) is 16.2. The molecule has 1 rings (SSSR count). The first-order chi connectivity index (χ1) is 9.65. The van der Waals surface area contributed by atoms with Crippen LogP contribution in [0, 0.1) is 11.6 Å². The molecule has 0 fully saturated rings. The molecule has 1 aromatic rings. The largest absolute Gasteiger partial charge is 0.297 e. The molecule has 120 valence electrons. The standard InChI is InChI=1S/C14H22F2N2O2S/c1-10(2)18(11(3)4)8-7-17-21(19,20)14-9-12(15)5-6-13(14)16/h5-6,9-11,17H,7-8H2,1-4H3. The molecular formula is C14H22F2N2O2S. The number of rotatable bonds is 7. The van der Waals surface area contributed by atoms with E-state index in [1.165, 1.54) is 0 Å². The summed E-state index contributed by atoms with van der Waals surface area (Å²) in [6, 6.07) is 2.90. The van der Waals surface area contributed by atoms with Crippen LogP contribution in [0.15, 0.2) is 23.1 Å². The Hall–Kier alpha value is -1.05. The molecule has 0 radical (unpaired) electrons. The maximum atomic E-state index is 13.5. The maximum Gasteiger partial charge on any atom is 0.243 e. The van der Waals surface area contributed by atoms with Crippen molar-refractivity contribution in [2.45, 2.75) is 44.7 Å². The first-order valence-electron chi connectivity index (χ1n) is 6.85. The number of hydrogen-bond donors (Lipinski definition) is 1. The van der Waals surface area contributed by atoms with Crippen LogP contribution in [0.5, 0.6) is 0 Å². The van der Waals surface area contributed by atoms with Crippen LogP contribution in [0.25, 0.3) is 0 Å². The van der Waals surface area contributed by atoms with Gasteiger partial charge in [0.1, 0.15) is 16.5 Å². The van der Waals surface area contributed by atoms with Crippen molar-refractivity contribution in [3.63, 3.8) is 0 Å². The fourth-order valence-electron chi connectivity index (χ4n) is 2.18. The molecule has 1 N–H and O–H groups in total. The molecule has 7 heteroatoms. The van der Waals surface area contributed by atoms with Crippen molar-refractivity contribution in [3.05, 3.63) is 29.8 Å². The summed E-state index contributed by atoms with van der Waals surface area (Å²) in [4.78, 5) is 1.44. The van der Waals surface area contributed by atoms with Gasteiger partial charge in [-0.2, -0.15) is 0 Å². The van der Waals surface area contributed by atoms with Crippen LogP contribution in [-0.2, 0) is 10.0 Å². The van der Waals surface area contributed by atoms with Gasteiger partial charge in [0, 0.05) is 25.2 Å². The molecule has 0 atom stereocenters. The van der Waals surface area contributed by atoms with E-state index in [4.69, 9.17) is 0 Å². The third-order valence-corrected chi connectivity index (χ3v) is 4.65. The van der Waals surface area contributed by atoms with Crippen LogP contribution in [-0.4, -0.2) is 38.5 Å². The monoisotopic (exact) mass is 320 g/mol. The van der Waals surface area contributed by atoms with E-state index in [1.54, 1.807) is 0 Å². The summed E-state index contributed by atoms with van der Waals surface area (Å²) in [6.45, 7) is 8.68. The minimum atomic E-state index is -4.05. The fourth-order valence-corrected chi connectivity index (χ4v) is 3.29. The summed E-state index contributed by atoms with van der Waals surface area (Å²) in [6.07, 6.45) is 0. The van der Waals surface area contributed by atoms with Gasteiger partial charge in [-0.3, -0.25) is 4.90 Å². The minimum Gasteiger partial charge on any atom is -0.297 e. The lowest BCUT2D eigenvalue weighted by atomic mass is 10.2. The highest BCUT2D eigenvalue weighted by atomic mass is 32.2. The van der Waals surface area contributed by atoms with E-state index in [9.17, 15) is 17.2 Å². The van der Waals surface area contributed by atoms with Gasteiger partial charge in [-0.15, -0.1) is 0 Å². The van der Waals surface area contributed by atoms with Gasteiger partial charge in [-0.25, -0.2) is 21.9 Å². The van der Waals surface area contributed by atoms with Gasteiger partial charge in [0.05, 0.1) is 0 Å². The van der Waals surface area contributed by atoms with Gasteiger partial charge >= 0.3 is 0 Å². The predicted molar refractivity (Wildman–Crippen MR) is 78.5 cm³/mol. The maximum absolute atomic E-state index is 13.5. The second-order valence-electron chi connectivity index (χ2n) is 5.40. The summed E-state index contributed by atoms with van der Waals surface area (Å²) < 4.78 is 52.9. The number of halogens is 2. The van der Waals surface area contributed by atoms with E-state index >= 15 is 0 Å². The quantitative estimate of drug-likeness (QED) is 0.839. The summed E-state index contributed by atoms with van der Waals surface area (Å²) in [5.74, 6) is -1.75. The van der Waals surface area contributed by atoms with Gasteiger partial charge in [0.15, 0.2) is 0 Å². The van der Waals surface area contributed by atoms with E-state index in [1.807, 2.05) is 27.7 Å². The van der Waals surface area contributed by atoms with Crippen LogP contribution in [0.1, 0.15) is 27.7 Å². The number of nitrogens with zero attached hydrogens (tertiary/aromatic N) is 1. The van der Waals surface area contributed by atoms with Gasteiger partial charge in [-0.05, 0) is 45.9 Å². The molecule has 0 aliphatic rings. The first kappa shape index (κ1) is 18.0. The van der Waals surface area contributed by atoms with E-state index in [2.05, 4.69) is 9.62 Å². The van der Waals surface area contributed by atoms with E-state index in [0.29, 0.717) is 12.6 Å². The van der Waals surface area contributed by atoms with Gasteiger partial charge < -0.3 is 0 Å². The molecule has 0 heterocycles. The Bertz CT molecular complexity index is 566. The Balaban J connectivity index is 2.76. The normalized spacial score (nSPS) is 12.6. The van der Waals surface area contributed by atoms with Crippen molar-refractivity contribution in [1.82, 2.24) is 9.62 Å². The molecule has 0 spiro atoms. The fraction of sp³-hybridized carbons (Fsp3) is 0.571. The van der Waals surface area contributed by atoms with Gasteiger partial charge in [0.25, 0.3) is 0 Å². The van der Waals surface area contributed by atoms with Crippen LogP contribution < -0.4 is 4.72 Å². The topological polar surface area (TPSA) is 49.4 Å². The molecule has 0 saturated carbocycles. The Morgan fingerprint density at radius 1 is 1.14 bits per heavy atom. The lowest BCUT2D eigenvalue weighted by Crippen LogP contribution is -2.42. The molecule has 4 nitrogen and oxygen atoms in total. The molecule has 0 bridgehead atoms. The van der Waals surface area contributed by atoms with E-state index in [-0.39, 0.29) is 18.6 Å². The van der Waals surface area contributed by atoms with Crippen LogP contribution in [0.4, 0.5) is 8.78 Å². The van der Waals surface area contributed by atoms with Crippen molar-refractivity contribution in [3.8, 4) is 0 Å². The molecule has 0 unspecified atom stereocenters. The Morgan fingerprint density at radius 3 is 2.24 bits per heavy atom. The average Bonchev–Trinajstić information content (AvgIpc) is 2.36. The number of benzene rings is 1. The predicted octanol–water partition coefficient (Wildman–Crippen LogP) is 2.36. The van der Waals surface area contributed by atoms with E-state index < -0.39 is 26.6 Å². The summed E-state index contributed by atoms with van der Waals surface area (Å²) in [5.41, 5.74) is 0. The highest BCUT2D eigenvalue weighted by Gasteiger charge is 2.20. The molecular weight excluding hydrogens is 298 g/mol. The van der Waals surface area contributed by atoms with Crippen molar-refractivity contribution < 1.29 is 17.2 Å². The van der Waals surface area contributed by atoms with Crippen LogP contribution >= 0.6 is 0 Å². The lowest BCUT2D eigenvalue weighted by molar-refractivity contribution is 0.179. The zero-order valence-corrected chi connectivity index (χ0v) is 13.5. The zero-order valence-electron chi connectivity index (χ0n) is 12.7. The number of sulfonamides is 1. The molecule has 0 amide bonds. The molecule has 0 aromatic heterocycles. The second-order valence-corrected chi connectivity index (χ2v) is 7.13. The minimum absolute atomic E-state index is 0.134. The van der Waals surface area contributed by atoms with Crippen molar-refractivity contribution in [2.75, 3.05) is 13.1 Å². The molecule has 0 aliphatic carbocycles. The number of nitrogens with one attached hydrogen (secondary N) is 1. The SMILES string of the molecule is CC(C)N(CCNS(=O)(=O)c1cc(F)ccc1F)C(C)C. The Kier molecular flexibility index (Phi) is 6.24. The third kappa shape index (κ3) is 5.01. The summed E-state index contributed by atoms with van der Waals surface area (Å²) >= 11 is 0. The van der Waals surface area contributed by atoms with Crippen LogP contribution in [0.2, 0.25) is 0 Å². The van der Waals surface area contributed by atoms with E-state index in [0.717, 1.165) is 12.1 Å². The Labute approximate surface area is 125 Å². The van der Waals surface area contributed by atoms with Crippen LogP contribution in [0.3, 0.4) is 0 Å². The highest BCUT2D eigenvalue weighted by molar-refractivity contribution is 7.89. The first-order valence-corrected chi connectivity index (χ1v) is 8.34. The molecule has 1 aromatic carbocycles. The van der Waals surface area contributed by atoms with Crippen molar-refractivity contribution >= 4 is 10.0 Å². The second kappa shape index (κ2) is 7.29. The summed E-state index contributed by atoms with van der Waals surface area (Å²) in [7, 11) is -4.05. The average molecular weight is 320 g/mol. The van der Waals surface area contributed by atoms with Crippen molar-refractivity contribution in [1.29, 1.82) is 0 Å². The summed E-state index contributed by atoms with van der Waals surface area (Å²) in [5, 5.41) is 0. The van der Waals surface area contributed by atoms with Gasteiger partial charge in [0.2, 0.25) is 10.0 Å². The number of hydrogen-bond acceptors (Lipinski definition) is 3.